The van der Waals surface area contributed by atoms with Crippen LogP contribution < -0.4 is 10.1 Å². The van der Waals surface area contributed by atoms with Gasteiger partial charge in [-0.25, -0.2) is 4.98 Å². The van der Waals surface area contributed by atoms with Crippen LogP contribution in [0, 0.1) is 0 Å². The lowest BCUT2D eigenvalue weighted by molar-refractivity contribution is -0.116. The van der Waals surface area contributed by atoms with Gasteiger partial charge in [0.1, 0.15) is 5.75 Å². The Morgan fingerprint density at radius 1 is 1.03 bits per heavy atom. The number of ether oxygens (including phenoxy) is 1. The van der Waals surface area contributed by atoms with Gasteiger partial charge in [-0.15, -0.1) is 0 Å². The molecule has 2 N–H and O–H groups in total. The first kappa shape index (κ1) is 21.7. The number of H-pyrrole nitrogens is 1. The van der Waals surface area contributed by atoms with Crippen molar-refractivity contribution < 1.29 is 9.53 Å². The van der Waals surface area contributed by atoms with E-state index in [-0.39, 0.29) is 5.91 Å². The molecule has 5 aromatic rings. The fraction of sp³-hybridized carbons (Fsp3) is 0.0714. The normalized spacial score (nSPS) is 11.4. The minimum atomic E-state index is -0.190. The number of nitrogens with zero attached hydrogens (tertiary/aromatic N) is 1. The van der Waals surface area contributed by atoms with E-state index in [9.17, 15) is 4.79 Å². The van der Waals surface area contributed by atoms with Crippen LogP contribution in [0.25, 0.3) is 39.1 Å². The standard InChI is InChI=1S/C28H22ClN3O2/c1-34-22-13-6-18(7-14-22)8-15-26(33)30-17-21-16-24-23-4-2-3-5-25(23)32-28(24)27(31-21)19-9-11-20(29)12-10-19/h2-16,32H,17H2,1H3,(H,30,33)/b15-8+. The van der Waals surface area contributed by atoms with Crippen molar-refractivity contribution in [2.75, 3.05) is 7.11 Å². The lowest BCUT2D eigenvalue weighted by atomic mass is 10.1. The first-order chi connectivity index (χ1) is 16.6. The van der Waals surface area contributed by atoms with Crippen molar-refractivity contribution in [1.29, 1.82) is 0 Å². The molecule has 0 radical (unpaired) electrons. The number of pyridine rings is 1. The maximum Gasteiger partial charge on any atom is 0.244 e. The van der Waals surface area contributed by atoms with E-state index in [0.717, 1.165) is 50.1 Å². The second kappa shape index (κ2) is 9.41. The number of aromatic amines is 1. The molecule has 5 rings (SSSR count). The summed E-state index contributed by atoms with van der Waals surface area (Å²) in [6, 6.07) is 25.3. The Morgan fingerprint density at radius 3 is 2.56 bits per heavy atom. The lowest BCUT2D eigenvalue weighted by Crippen LogP contribution is -2.21. The van der Waals surface area contributed by atoms with E-state index in [1.54, 1.807) is 13.2 Å². The van der Waals surface area contributed by atoms with Crippen LogP contribution in [0.5, 0.6) is 5.75 Å². The molecule has 0 bridgehead atoms. The van der Waals surface area contributed by atoms with Crippen LogP contribution >= 0.6 is 11.6 Å². The molecule has 6 heteroatoms. The highest BCUT2D eigenvalue weighted by Gasteiger charge is 2.14. The molecule has 0 aliphatic carbocycles. The number of carbonyl (C=O) groups is 1. The van der Waals surface area contributed by atoms with E-state index in [2.05, 4.69) is 16.4 Å². The highest BCUT2D eigenvalue weighted by atomic mass is 35.5. The van der Waals surface area contributed by atoms with E-state index in [0.29, 0.717) is 11.6 Å². The molecule has 0 atom stereocenters. The average Bonchev–Trinajstić information content (AvgIpc) is 3.25. The van der Waals surface area contributed by atoms with Gasteiger partial charge >= 0.3 is 0 Å². The fourth-order valence-corrected chi connectivity index (χ4v) is 4.06. The number of hydrogen-bond donors (Lipinski definition) is 2. The molecule has 34 heavy (non-hydrogen) atoms. The van der Waals surface area contributed by atoms with Crippen LogP contribution in [0.15, 0.2) is 84.9 Å². The Bertz CT molecular complexity index is 1500. The van der Waals surface area contributed by atoms with Crippen molar-refractivity contribution in [3.8, 4) is 17.0 Å². The van der Waals surface area contributed by atoms with E-state index in [4.69, 9.17) is 21.3 Å². The van der Waals surface area contributed by atoms with Gasteiger partial charge in [-0.3, -0.25) is 4.79 Å². The number of para-hydroxylation sites is 1. The third-order valence-electron chi connectivity index (χ3n) is 5.65. The van der Waals surface area contributed by atoms with Crippen molar-refractivity contribution in [2.45, 2.75) is 6.54 Å². The number of hydrogen-bond acceptors (Lipinski definition) is 3. The molecule has 0 spiro atoms. The molecule has 0 aliphatic rings. The van der Waals surface area contributed by atoms with E-state index in [1.807, 2.05) is 72.8 Å². The first-order valence-electron chi connectivity index (χ1n) is 10.9. The number of nitrogens with one attached hydrogen (secondary N) is 2. The molecule has 0 unspecified atom stereocenters. The van der Waals surface area contributed by atoms with Crippen LogP contribution in [-0.4, -0.2) is 23.0 Å². The number of fused-ring (bicyclic) bond motifs is 3. The zero-order valence-electron chi connectivity index (χ0n) is 18.5. The monoisotopic (exact) mass is 467 g/mol. The summed E-state index contributed by atoms with van der Waals surface area (Å²) >= 11 is 6.10. The van der Waals surface area contributed by atoms with Crippen molar-refractivity contribution in [2.24, 2.45) is 0 Å². The summed E-state index contributed by atoms with van der Waals surface area (Å²) in [5.74, 6) is 0.585. The van der Waals surface area contributed by atoms with Gasteiger partial charge in [-0.1, -0.05) is 54.1 Å². The van der Waals surface area contributed by atoms with Crippen LogP contribution in [0.2, 0.25) is 5.02 Å². The number of carbonyl (C=O) groups excluding carboxylic acids is 1. The minimum Gasteiger partial charge on any atom is -0.497 e. The maximum absolute atomic E-state index is 12.5. The van der Waals surface area contributed by atoms with Gasteiger partial charge in [-0.2, -0.15) is 0 Å². The topological polar surface area (TPSA) is 67.0 Å². The molecule has 0 fully saturated rings. The molecule has 5 nitrogen and oxygen atoms in total. The number of halogens is 1. The highest BCUT2D eigenvalue weighted by molar-refractivity contribution is 6.30. The number of methoxy groups -OCH3 is 1. The molecule has 168 valence electrons. The van der Waals surface area contributed by atoms with Gasteiger partial charge in [0.15, 0.2) is 0 Å². The van der Waals surface area contributed by atoms with E-state index >= 15 is 0 Å². The fourth-order valence-electron chi connectivity index (χ4n) is 3.93. The van der Waals surface area contributed by atoms with Crippen LogP contribution in [0.4, 0.5) is 0 Å². The molecule has 3 aromatic carbocycles. The molecule has 0 saturated carbocycles. The average molecular weight is 468 g/mol. The third-order valence-corrected chi connectivity index (χ3v) is 5.91. The Hall–Kier alpha value is -4.09. The Kier molecular flexibility index (Phi) is 6.02. The summed E-state index contributed by atoms with van der Waals surface area (Å²) in [5, 5.41) is 5.79. The SMILES string of the molecule is COc1ccc(/C=C/C(=O)NCc2cc3c([nH]c4ccccc43)c(-c3ccc(Cl)cc3)n2)cc1. The van der Waals surface area contributed by atoms with Crippen molar-refractivity contribution in [3.63, 3.8) is 0 Å². The number of benzene rings is 3. The van der Waals surface area contributed by atoms with Crippen LogP contribution in [0.1, 0.15) is 11.3 Å². The summed E-state index contributed by atoms with van der Waals surface area (Å²) in [6.45, 7) is 0.307. The minimum absolute atomic E-state index is 0.190. The zero-order chi connectivity index (χ0) is 23.5. The van der Waals surface area contributed by atoms with Crippen molar-refractivity contribution >= 4 is 45.4 Å². The van der Waals surface area contributed by atoms with Gasteiger partial charge in [-0.05, 0) is 48.0 Å². The number of aromatic nitrogens is 2. The Balaban J connectivity index is 1.43. The third kappa shape index (κ3) is 4.51. The van der Waals surface area contributed by atoms with E-state index < -0.39 is 0 Å². The second-order valence-corrected chi connectivity index (χ2v) is 8.32. The molecular weight excluding hydrogens is 446 g/mol. The molecule has 0 saturated heterocycles. The lowest BCUT2D eigenvalue weighted by Gasteiger charge is -2.08. The largest absolute Gasteiger partial charge is 0.497 e. The smallest absolute Gasteiger partial charge is 0.244 e. The van der Waals surface area contributed by atoms with Gasteiger partial charge in [0.2, 0.25) is 5.91 Å². The molecule has 0 aliphatic heterocycles. The van der Waals surface area contributed by atoms with Crippen LogP contribution in [0.3, 0.4) is 0 Å². The highest BCUT2D eigenvalue weighted by Crippen LogP contribution is 2.33. The Morgan fingerprint density at radius 2 is 1.79 bits per heavy atom. The molecule has 2 heterocycles. The summed E-state index contributed by atoms with van der Waals surface area (Å²) in [6.07, 6.45) is 3.29. The van der Waals surface area contributed by atoms with E-state index in [1.165, 1.54) is 6.08 Å². The molecule has 2 aromatic heterocycles. The first-order valence-corrected chi connectivity index (χ1v) is 11.2. The van der Waals surface area contributed by atoms with Crippen LogP contribution in [-0.2, 0) is 11.3 Å². The molecular formula is C28H22ClN3O2. The van der Waals surface area contributed by atoms with Gasteiger partial charge < -0.3 is 15.0 Å². The summed E-state index contributed by atoms with van der Waals surface area (Å²) in [5.41, 5.74) is 5.46. The predicted molar refractivity (Wildman–Crippen MR) is 138 cm³/mol. The number of amides is 1. The summed E-state index contributed by atoms with van der Waals surface area (Å²) in [7, 11) is 1.62. The Labute approximate surface area is 202 Å². The van der Waals surface area contributed by atoms with Gasteiger partial charge in [0.05, 0.1) is 30.6 Å². The van der Waals surface area contributed by atoms with Crippen molar-refractivity contribution in [3.05, 3.63) is 101 Å². The maximum atomic E-state index is 12.5. The molecule has 1 amide bonds. The quantitative estimate of drug-likeness (QED) is 0.285. The van der Waals surface area contributed by atoms with Gasteiger partial charge in [0.25, 0.3) is 0 Å². The summed E-state index contributed by atoms with van der Waals surface area (Å²) < 4.78 is 5.16. The number of rotatable bonds is 6. The van der Waals surface area contributed by atoms with Crippen molar-refractivity contribution in [1.82, 2.24) is 15.3 Å². The predicted octanol–water partition coefficient (Wildman–Crippen LogP) is 6.37. The zero-order valence-corrected chi connectivity index (χ0v) is 19.3. The second-order valence-electron chi connectivity index (χ2n) is 7.89. The van der Waals surface area contributed by atoms with Gasteiger partial charge in [0, 0.05) is 33.0 Å². The summed E-state index contributed by atoms with van der Waals surface area (Å²) in [4.78, 5) is 20.8.